The van der Waals surface area contributed by atoms with Crippen LogP contribution in [0.1, 0.15) is 29.5 Å². The van der Waals surface area contributed by atoms with Gasteiger partial charge in [-0.05, 0) is 37.0 Å². The van der Waals surface area contributed by atoms with Gasteiger partial charge in [-0.2, -0.15) is 0 Å². The fourth-order valence-electron chi connectivity index (χ4n) is 3.66. The number of amides is 1. The van der Waals surface area contributed by atoms with E-state index in [-0.39, 0.29) is 5.52 Å². The zero-order valence-corrected chi connectivity index (χ0v) is 16.6. The Morgan fingerprint density at radius 2 is 2.04 bits per heavy atom. The fraction of sp³-hybridized carbons (Fsp3) is 0.316. The number of aryl methyl sites for hydroxylation is 1. The minimum absolute atomic E-state index is 0.245. The lowest BCUT2D eigenvalue weighted by atomic mass is 9.95. The van der Waals surface area contributed by atoms with E-state index in [4.69, 9.17) is 14.5 Å². The van der Waals surface area contributed by atoms with Crippen LogP contribution in [0.2, 0.25) is 0 Å². The second-order valence-corrected chi connectivity index (χ2v) is 9.01. The number of thiazole rings is 1. The number of halogens is 1. The molecule has 0 bridgehead atoms. The number of carbonyl (C=O) groups is 1. The van der Waals surface area contributed by atoms with Crippen LogP contribution >= 0.6 is 22.7 Å². The predicted octanol–water partition coefficient (Wildman–Crippen LogP) is 5.47. The van der Waals surface area contributed by atoms with Crippen LogP contribution in [0.3, 0.4) is 0 Å². The van der Waals surface area contributed by atoms with Crippen molar-refractivity contribution in [1.29, 1.82) is 0 Å². The van der Waals surface area contributed by atoms with Crippen molar-refractivity contribution in [1.82, 2.24) is 14.9 Å². The number of oxazole rings is 1. The van der Waals surface area contributed by atoms with Gasteiger partial charge in [-0.3, -0.25) is 0 Å². The molecule has 0 atom stereocenters. The van der Waals surface area contributed by atoms with Crippen molar-refractivity contribution in [3.63, 3.8) is 0 Å². The summed E-state index contributed by atoms with van der Waals surface area (Å²) in [7, 11) is 0. The molecule has 1 aliphatic rings. The molecule has 6 nitrogen and oxygen atoms in total. The first kappa shape index (κ1) is 17.6. The molecule has 0 radical (unpaired) electrons. The number of benzene rings is 1. The monoisotopic (exact) mass is 417 g/mol. The smallest absolute Gasteiger partial charge is 0.407 e. The normalized spacial score (nSPS) is 15.7. The lowest BCUT2D eigenvalue weighted by Crippen LogP contribution is -2.36. The number of thiophene rings is 1. The number of hydrogen-bond acceptors (Lipinski definition) is 6. The van der Waals surface area contributed by atoms with Crippen LogP contribution in [0.15, 0.2) is 22.6 Å². The number of rotatable bonds is 2. The van der Waals surface area contributed by atoms with Gasteiger partial charge in [0.2, 0.25) is 0 Å². The molecule has 0 spiro atoms. The van der Waals surface area contributed by atoms with E-state index in [0.717, 1.165) is 27.4 Å². The highest BCUT2D eigenvalue weighted by atomic mass is 32.1. The molecule has 4 aromatic rings. The molecule has 0 saturated carbocycles. The number of aromatic nitrogens is 2. The van der Waals surface area contributed by atoms with Gasteiger partial charge in [0.1, 0.15) is 15.4 Å². The van der Waals surface area contributed by atoms with Crippen LogP contribution < -0.4 is 0 Å². The van der Waals surface area contributed by atoms with Crippen LogP contribution in [-0.4, -0.2) is 39.2 Å². The van der Waals surface area contributed by atoms with Gasteiger partial charge < -0.3 is 14.4 Å². The standard InChI is InChI=1S/C19H16FN3O3S2/c1-9-21-16-12(20)6-11(7-13(16)26-9)17-22-18-15(28-17)8-14(27-18)10-2-4-23(5-3-10)19(24)25/h6-8,10H,2-5H2,1H3,(H,24,25). The van der Waals surface area contributed by atoms with Crippen LogP contribution in [-0.2, 0) is 0 Å². The molecule has 1 saturated heterocycles. The van der Waals surface area contributed by atoms with Gasteiger partial charge in [0.15, 0.2) is 17.3 Å². The average Bonchev–Trinajstić information content (AvgIpc) is 3.33. The maximum atomic E-state index is 14.3. The largest absolute Gasteiger partial charge is 0.465 e. The summed E-state index contributed by atoms with van der Waals surface area (Å²) in [6.07, 6.45) is 0.822. The highest BCUT2D eigenvalue weighted by Crippen LogP contribution is 2.41. The Morgan fingerprint density at radius 3 is 2.75 bits per heavy atom. The summed E-state index contributed by atoms with van der Waals surface area (Å²) in [6, 6.07) is 5.38. The van der Waals surface area contributed by atoms with Gasteiger partial charge in [0.05, 0.1) is 4.70 Å². The second kappa shape index (κ2) is 6.52. The zero-order valence-electron chi connectivity index (χ0n) is 14.9. The molecule has 1 aliphatic heterocycles. The molecule has 1 fully saturated rings. The van der Waals surface area contributed by atoms with Crippen LogP contribution in [0.5, 0.6) is 0 Å². The summed E-state index contributed by atoms with van der Waals surface area (Å²) in [5.41, 5.74) is 1.36. The van der Waals surface area contributed by atoms with Gasteiger partial charge in [-0.1, -0.05) is 0 Å². The zero-order chi connectivity index (χ0) is 19.4. The van der Waals surface area contributed by atoms with E-state index in [1.54, 1.807) is 24.3 Å². The molecule has 3 aromatic heterocycles. The van der Waals surface area contributed by atoms with Crippen molar-refractivity contribution in [2.75, 3.05) is 13.1 Å². The van der Waals surface area contributed by atoms with Crippen molar-refractivity contribution in [3.8, 4) is 10.6 Å². The number of nitrogens with zero attached hydrogens (tertiary/aromatic N) is 3. The number of piperidine rings is 1. The highest BCUT2D eigenvalue weighted by molar-refractivity contribution is 7.28. The first-order chi connectivity index (χ1) is 13.5. The van der Waals surface area contributed by atoms with Gasteiger partial charge in [0.25, 0.3) is 0 Å². The molecule has 0 aliphatic carbocycles. The molecule has 4 heterocycles. The third-order valence-electron chi connectivity index (χ3n) is 5.08. The topological polar surface area (TPSA) is 79.5 Å². The highest BCUT2D eigenvalue weighted by Gasteiger charge is 2.25. The van der Waals surface area contributed by atoms with Crippen molar-refractivity contribution in [3.05, 3.63) is 34.8 Å². The molecular weight excluding hydrogens is 401 g/mol. The molecule has 28 heavy (non-hydrogen) atoms. The van der Waals surface area contributed by atoms with Crippen LogP contribution in [0, 0.1) is 12.7 Å². The summed E-state index contributed by atoms with van der Waals surface area (Å²) in [5, 5.41) is 9.84. The van der Waals surface area contributed by atoms with Crippen molar-refractivity contribution in [2.24, 2.45) is 0 Å². The second-order valence-electron chi connectivity index (χ2n) is 6.92. The summed E-state index contributed by atoms with van der Waals surface area (Å²) < 4.78 is 20.9. The van der Waals surface area contributed by atoms with Crippen molar-refractivity contribution in [2.45, 2.75) is 25.7 Å². The summed E-state index contributed by atoms with van der Waals surface area (Å²) in [6.45, 7) is 2.83. The Kier molecular flexibility index (Phi) is 4.09. The molecular formula is C19H16FN3O3S2. The first-order valence-corrected chi connectivity index (χ1v) is 10.6. The Bertz CT molecular complexity index is 1170. The third kappa shape index (κ3) is 2.94. The number of fused-ring (bicyclic) bond motifs is 2. The van der Waals surface area contributed by atoms with E-state index >= 15 is 0 Å². The summed E-state index contributed by atoms with van der Waals surface area (Å²) in [4.78, 5) is 23.5. The third-order valence-corrected chi connectivity index (χ3v) is 7.45. The molecule has 5 rings (SSSR count). The molecule has 9 heteroatoms. The minimum Gasteiger partial charge on any atom is -0.465 e. The summed E-state index contributed by atoms with van der Waals surface area (Å²) in [5.74, 6) is 0.398. The maximum absolute atomic E-state index is 14.3. The van der Waals surface area contributed by atoms with Crippen molar-refractivity contribution >= 4 is 49.4 Å². The Morgan fingerprint density at radius 1 is 1.25 bits per heavy atom. The van der Waals surface area contributed by atoms with Gasteiger partial charge in [-0.25, -0.2) is 19.2 Å². The molecule has 1 aromatic carbocycles. The van der Waals surface area contributed by atoms with E-state index in [2.05, 4.69) is 11.1 Å². The maximum Gasteiger partial charge on any atom is 0.407 e. The summed E-state index contributed by atoms with van der Waals surface area (Å²) >= 11 is 3.18. The molecule has 1 N–H and O–H groups in total. The SMILES string of the molecule is Cc1nc2c(F)cc(-c3nc4sc(C5CCN(C(=O)O)CC5)cc4s3)cc2o1. The Labute approximate surface area is 167 Å². The quantitative estimate of drug-likeness (QED) is 0.468. The predicted molar refractivity (Wildman–Crippen MR) is 107 cm³/mol. The Balaban J connectivity index is 1.43. The van der Waals surface area contributed by atoms with Gasteiger partial charge in [-0.15, -0.1) is 22.7 Å². The van der Waals surface area contributed by atoms with E-state index in [1.807, 2.05) is 0 Å². The van der Waals surface area contributed by atoms with Crippen molar-refractivity contribution < 1.29 is 18.7 Å². The molecule has 1 amide bonds. The number of likely N-dealkylation sites (tertiary alicyclic amines) is 1. The van der Waals surface area contributed by atoms with Crippen LogP contribution in [0.25, 0.3) is 31.2 Å². The van der Waals surface area contributed by atoms with E-state index in [1.165, 1.54) is 27.2 Å². The first-order valence-electron chi connectivity index (χ1n) is 8.93. The minimum atomic E-state index is -0.844. The Hall–Kier alpha value is -2.52. The lowest BCUT2D eigenvalue weighted by Gasteiger charge is -2.29. The van der Waals surface area contributed by atoms with Crippen LogP contribution in [0.4, 0.5) is 9.18 Å². The molecule has 0 unspecified atom stereocenters. The average molecular weight is 417 g/mol. The lowest BCUT2D eigenvalue weighted by molar-refractivity contribution is 0.132. The van der Waals surface area contributed by atoms with Gasteiger partial charge >= 0.3 is 6.09 Å². The van der Waals surface area contributed by atoms with E-state index in [0.29, 0.717) is 36.0 Å². The number of carboxylic acid groups (broad SMARTS) is 1. The number of hydrogen-bond donors (Lipinski definition) is 1. The van der Waals surface area contributed by atoms with E-state index < -0.39 is 11.9 Å². The van der Waals surface area contributed by atoms with Gasteiger partial charge in [0, 0.05) is 30.5 Å². The van der Waals surface area contributed by atoms with E-state index in [9.17, 15) is 9.18 Å². The fourth-order valence-corrected chi connectivity index (χ4v) is 6.04. The molecule has 144 valence electrons.